The molecule has 0 saturated carbocycles. The predicted octanol–water partition coefficient (Wildman–Crippen LogP) is 4.89. The van der Waals surface area contributed by atoms with Crippen LogP contribution in [0.1, 0.15) is 26.3 Å². The topological polar surface area (TPSA) is 87.5 Å². The molecule has 1 aliphatic rings. The first-order valence-corrected chi connectivity index (χ1v) is 11.8. The minimum atomic E-state index is -1.72. The number of hydrogen-bond donors (Lipinski definition) is 0. The summed E-state index contributed by atoms with van der Waals surface area (Å²) in [7, 11) is -1.72. The van der Waals surface area contributed by atoms with Crippen LogP contribution in [0.15, 0.2) is 29.4 Å². The lowest BCUT2D eigenvalue weighted by molar-refractivity contribution is 0.145. The van der Waals surface area contributed by atoms with Crippen molar-refractivity contribution in [3.63, 3.8) is 0 Å². The van der Waals surface area contributed by atoms with Gasteiger partial charge in [0.15, 0.2) is 8.32 Å². The second-order valence-electron chi connectivity index (χ2n) is 8.06. The molecule has 0 spiro atoms. The summed E-state index contributed by atoms with van der Waals surface area (Å²) in [5.41, 5.74) is 10.3. The van der Waals surface area contributed by atoms with Crippen molar-refractivity contribution in [3.8, 4) is 0 Å². The molecule has 0 N–H and O–H groups in total. The van der Waals surface area contributed by atoms with Gasteiger partial charge in [0.05, 0.1) is 13.1 Å². The van der Waals surface area contributed by atoms with Crippen LogP contribution in [0.25, 0.3) is 10.4 Å². The van der Waals surface area contributed by atoms with Crippen molar-refractivity contribution in [2.24, 2.45) is 5.11 Å². The molecule has 0 bridgehead atoms. The van der Waals surface area contributed by atoms with Gasteiger partial charge >= 0.3 is 6.09 Å². The molecule has 1 amide bonds. The molecular formula is C18H28N4O3Si. The standard InChI is InChI=1S/C18H28N4O3Si/c1-18(2,3)26(4,5)24-11-10-14-6-8-15(9-7-14)22-13-16(12-20-21-19)25-17(22)23/h6-9,16H,10-13H2,1-5H3/t16-/m0/s1. The Kier molecular flexibility index (Phi) is 6.33. The first-order valence-electron chi connectivity index (χ1n) is 8.86. The molecule has 7 nitrogen and oxygen atoms in total. The summed E-state index contributed by atoms with van der Waals surface area (Å²) in [6, 6.07) is 7.86. The molecule has 0 unspecified atom stereocenters. The lowest BCUT2D eigenvalue weighted by Gasteiger charge is -2.36. The van der Waals surface area contributed by atoms with Gasteiger partial charge in [0, 0.05) is 17.2 Å². The molecule has 0 radical (unpaired) electrons. The summed E-state index contributed by atoms with van der Waals surface area (Å²) in [4.78, 5) is 16.2. The van der Waals surface area contributed by atoms with Crippen LogP contribution in [0.3, 0.4) is 0 Å². The highest BCUT2D eigenvalue weighted by Gasteiger charge is 2.37. The Morgan fingerprint density at radius 3 is 2.58 bits per heavy atom. The Bertz CT molecular complexity index is 679. The monoisotopic (exact) mass is 376 g/mol. The van der Waals surface area contributed by atoms with Gasteiger partial charge in [-0.1, -0.05) is 38.0 Å². The number of rotatable bonds is 7. The van der Waals surface area contributed by atoms with Crippen LogP contribution in [0, 0.1) is 0 Å². The summed E-state index contributed by atoms with van der Waals surface area (Å²) < 4.78 is 11.4. The quantitative estimate of drug-likeness (QED) is 0.294. The highest BCUT2D eigenvalue weighted by Crippen LogP contribution is 2.36. The lowest BCUT2D eigenvalue weighted by atomic mass is 10.1. The number of carbonyl (C=O) groups excluding carboxylic acids is 1. The first-order chi connectivity index (χ1) is 12.1. The van der Waals surface area contributed by atoms with Crippen LogP contribution in [-0.2, 0) is 15.6 Å². The van der Waals surface area contributed by atoms with Gasteiger partial charge in [0.25, 0.3) is 0 Å². The normalized spacial score (nSPS) is 17.8. The van der Waals surface area contributed by atoms with Gasteiger partial charge in [0.1, 0.15) is 6.10 Å². The minimum absolute atomic E-state index is 0.154. The second-order valence-corrected chi connectivity index (χ2v) is 12.9. The molecule has 8 heteroatoms. The zero-order valence-corrected chi connectivity index (χ0v) is 17.2. The number of anilines is 1. The summed E-state index contributed by atoms with van der Waals surface area (Å²) in [6.45, 7) is 12.5. The van der Waals surface area contributed by atoms with Crippen molar-refractivity contribution in [2.45, 2.75) is 51.4 Å². The minimum Gasteiger partial charge on any atom is -0.444 e. The van der Waals surface area contributed by atoms with E-state index in [9.17, 15) is 4.79 Å². The van der Waals surface area contributed by atoms with E-state index in [2.05, 4.69) is 43.9 Å². The highest BCUT2D eigenvalue weighted by molar-refractivity contribution is 6.74. The molecule has 1 fully saturated rings. The highest BCUT2D eigenvalue weighted by atomic mass is 28.4. The van der Waals surface area contributed by atoms with E-state index < -0.39 is 20.5 Å². The van der Waals surface area contributed by atoms with E-state index in [4.69, 9.17) is 14.7 Å². The fourth-order valence-electron chi connectivity index (χ4n) is 2.44. The number of ether oxygens (including phenoxy) is 1. The zero-order chi connectivity index (χ0) is 19.4. The van der Waals surface area contributed by atoms with Gasteiger partial charge in [-0.2, -0.15) is 0 Å². The molecule has 1 aliphatic heterocycles. The molecule has 0 aliphatic carbocycles. The van der Waals surface area contributed by atoms with Crippen LogP contribution in [-0.4, -0.2) is 40.2 Å². The predicted molar refractivity (Wildman–Crippen MR) is 105 cm³/mol. The lowest BCUT2D eigenvalue weighted by Crippen LogP contribution is -2.41. The number of benzene rings is 1. The van der Waals surface area contributed by atoms with Gasteiger partial charge in [0.2, 0.25) is 0 Å². The van der Waals surface area contributed by atoms with Crippen molar-refractivity contribution < 1.29 is 14.0 Å². The average molecular weight is 377 g/mol. The van der Waals surface area contributed by atoms with Crippen molar-refractivity contribution in [3.05, 3.63) is 40.3 Å². The van der Waals surface area contributed by atoms with E-state index in [1.807, 2.05) is 24.3 Å². The summed E-state index contributed by atoms with van der Waals surface area (Å²) >= 11 is 0. The molecule has 2 rings (SSSR count). The summed E-state index contributed by atoms with van der Waals surface area (Å²) in [5, 5.41) is 3.67. The van der Waals surface area contributed by atoms with Crippen LogP contribution in [0.4, 0.5) is 10.5 Å². The Labute approximate surface area is 156 Å². The largest absolute Gasteiger partial charge is 0.444 e. The smallest absolute Gasteiger partial charge is 0.414 e. The maximum absolute atomic E-state index is 12.0. The summed E-state index contributed by atoms with van der Waals surface area (Å²) in [6.07, 6.45) is 0.0460. The molecule has 1 heterocycles. The van der Waals surface area contributed by atoms with Crippen LogP contribution in [0.2, 0.25) is 18.1 Å². The van der Waals surface area contributed by atoms with Crippen molar-refractivity contribution in [2.75, 3.05) is 24.6 Å². The van der Waals surface area contributed by atoms with E-state index in [1.165, 1.54) is 5.56 Å². The number of nitrogens with zero attached hydrogens (tertiary/aromatic N) is 4. The third kappa shape index (κ3) is 5.00. The van der Waals surface area contributed by atoms with E-state index in [0.29, 0.717) is 13.2 Å². The molecular weight excluding hydrogens is 348 g/mol. The van der Waals surface area contributed by atoms with Gasteiger partial charge < -0.3 is 9.16 Å². The molecule has 142 valence electrons. The van der Waals surface area contributed by atoms with E-state index in [-0.39, 0.29) is 11.6 Å². The average Bonchev–Trinajstić information content (AvgIpc) is 2.93. The third-order valence-electron chi connectivity index (χ3n) is 5.13. The Hall–Kier alpha value is -2.02. The van der Waals surface area contributed by atoms with E-state index >= 15 is 0 Å². The molecule has 1 aromatic carbocycles. The van der Waals surface area contributed by atoms with Gasteiger partial charge in [-0.05, 0) is 47.8 Å². The molecule has 1 aromatic rings. The number of azide groups is 1. The Morgan fingerprint density at radius 2 is 2.00 bits per heavy atom. The number of hydrogen-bond acceptors (Lipinski definition) is 4. The fraction of sp³-hybridized carbons (Fsp3) is 0.611. The van der Waals surface area contributed by atoms with Crippen LogP contribution in [0.5, 0.6) is 0 Å². The second kappa shape index (κ2) is 8.12. The number of carbonyl (C=O) groups is 1. The number of amides is 1. The van der Waals surface area contributed by atoms with Crippen LogP contribution < -0.4 is 4.90 Å². The van der Waals surface area contributed by atoms with Gasteiger partial charge in [-0.25, -0.2) is 4.79 Å². The maximum Gasteiger partial charge on any atom is 0.414 e. The molecule has 1 atom stereocenters. The molecule has 26 heavy (non-hydrogen) atoms. The Balaban J connectivity index is 1.90. The van der Waals surface area contributed by atoms with Crippen LogP contribution >= 0.6 is 0 Å². The fourth-order valence-corrected chi connectivity index (χ4v) is 3.48. The molecule has 0 aromatic heterocycles. The maximum atomic E-state index is 12.0. The van der Waals surface area contributed by atoms with Crippen molar-refractivity contribution in [1.82, 2.24) is 0 Å². The molecule has 1 saturated heterocycles. The third-order valence-corrected chi connectivity index (χ3v) is 9.67. The summed E-state index contributed by atoms with van der Waals surface area (Å²) in [5.74, 6) is 0. The van der Waals surface area contributed by atoms with Crippen molar-refractivity contribution in [1.29, 1.82) is 0 Å². The van der Waals surface area contributed by atoms with Gasteiger partial charge in [-0.15, -0.1) is 0 Å². The Morgan fingerprint density at radius 1 is 1.35 bits per heavy atom. The van der Waals surface area contributed by atoms with E-state index in [0.717, 1.165) is 12.1 Å². The first kappa shape index (κ1) is 20.3. The SMILES string of the molecule is CC(C)(C)[Si](C)(C)OCCc1ccc(N2C[C@H](CN=[N+]=[N-])OC2=O)cc1. The van der Waals surface area contributed by atoms with E-state index in [1.54, 1.807) is 4.90 Å². The van der Waals surface area contributed by atoms with Crippen molar-refractivity contribution >= 4 is 20.1 Å². The van der Waals surface area contributed by atoms with Gasteiger partial charge in [-0.3, -0.25) is 4.90 Å². The zero-order valence-electron chi connectivity index (χ0n) is 16.2. The number of cyclic esters (lactones) is 1.